The molecular weight excluding hydrogens is 461 g/mol. The molecule has 8 nitrogen and oxygen atoms in total. The lowest BCUT2D eigenvalue weighted by atomic mass is 10.1. The number of para-hydroxylation sites is 1. The van der Waals surface area contributed by atoms with Gasteiger partial charge >= 0.3 is 12.1 Å². The highest BCUT2D eigenvalue weighted by Gasteiger charge is 2.38. The van der Waals surface area contributed by atoms with Crippen molar-refractivity contribution in [1.82, 2.24) is 25.1 Å². The third kappa shape index (κ3) is 5.77. The van der Waals surface area contributed by atoms with Gasteiger partial charge in [-0.1, -0.05) is 42.5 Å². The number of carbonyl (C=O) groups is 1. The highest BCUT2D eigenvalue weighted by molar-refractivity contribution is 5.92. The Balaban J connectivity index is 0.000000364. The van der Waals surface area contributed by atoms with E-state index in [1.54, 1.807) is 12.4 Å². The van der Waals surface area contributed by atoms with E-state index in [2.05, 4.69) is 20.5 Å². The van der Waals surface area contributed by atoms with E-state index in [4.69, 9.17) is 19.9 Å². The van der Waals surface area contributed by atoms with Crippen LogP contribution >= 0.6 is 0 Å². The highest BCUT2D eigenvalue weighted by atomic mass is 19.4. The van der Waals surface area contributed by atoms with E-state index in [1.165, 1.54) is 0 Å². The van der Waals surface area contributed by atoms with Crippen molar-refractivity contribution in [2.24, 2.45) is 0 Å². The Kier molecular flexibility index (Phi) is 6.67. The molecule has 2 aromatic carbocycles. The fraction of sp³-hybridized carbons (Fsp3) is 0.0417. The van der Waals surface area contributed by atoms with E-state index >= 15 is 0 Å². The lowest BCUT2D eigenvalue weighted by molar-refractivity contribution is -0.192. The average Bonchev–Trinajstić information content (AvgIpc) is 3.33. The number of carboxylic acid groups (broad SMARTS) is 1. The first kappa shape index (κ1) is 23.4. The maximum absolute atomic E-state index is 10.6. The lowest BCUT2D eigenvalue weighted by Crippen LogP contribution is -2.21. The summed E-state index contributed by atoms with van der Waals surface area (Å²) in [5, 5.41) is 18.9. The minimum atomic E-state index is -5.08. The molecule has 0 saturated heterocycles. The number of hydrogen-bond donors (Lipinski definition) is 3. The number of aromatic amines is 1. The SMILES string of the molecule is O=C(O)C(F)(F)F.c1ccc(-c2cc(Nc3nc(-c4ccncc4)nc4ccccc34)n[nH]2)cc1. The number of carboxylic acids is 1. The molecule has 0 bridgehead atoms. The number of hydrogen-bond acceptors (Lipinski definition) is 6. The summed E-state index contributed by atoms with van der Waals surface area (Å²) in [5.74, 6) is -0.707. The van der Waals surface area contributed by atoms with Gasteiger partial charge in [0.05, 0.1) is 11.2 Å². The molecule has 0 amide bonds. The van der Waals surface area contributed by atoms with Gasteiger partial charge in [-0.3, -0.25) is 10.1 Å². The maximum Gasteiger partial charge on any atom is 0.490 e. The van der Waals surface area contributed by atoms with Crippen LogP contribution in [0.3, 0.4) is 0 Å². The van der Waals surface area contributed by atoms with Gasteiger partial charge in [0.15, 0.2) is 11.6 Å². The van der Waals surface area contributed by atoms with Crippen molar-refractivity contribution >= 4 is 28.5 Å². The second-order valence-corrected chi connectivity index (χ2v) is 7.11. The average molecular weight is 478 g/mol. The predicted octanol–water partition coefficient (Wildman–Crippen LogP) is 5.46. The molecule has 0 aliphatic heterocycles. The van der Waals surface area contributed by atoms with Gasteiger partial charge in [0.1, 0.15) is 5.82 Å². The van der Waals surface area contributed by atoms with E-state index in [9.17, 15) is 13.2 Å². The normalized spacial score (nSPS) is 10.9. The van der Waals surface area contributed by atoms with Gasteiger partial charge in [-0.25, -0.2) is 14.8 Å². The van der Waals surface area contributed by atoms with Crippen LogP contribution in [-0.2, 0) is 4.79 Å². The second-order valence-electron chi connectivity index (χ2n) is 7.11. The minimum absolute atomic E-state index is 0.641. The molecule has 11 heteroatoms. The van der Waals surface area contributed by atoms with E-state index in [0.717, 1.165) is 27.7 Å². The Labute approximate surface area is 196 Å². The first-order valence-electron chi connectivity index (χ1n) is 10.2. The number of rotatable bonds is 4. The van der Waals surface area contributed by atoms with Crippen molar-refractivity contribution in [3.05, 3.63) is 85.2 Å². The topological polar surface area (TPSA) is 117 Å². The standard InChI is InChI=1S/C22H16N6.C2HF3O2/c1-2-6-15(7-3-1)19-14-20(28-27-19)25-22-17-8-4-5-9-18(17)24-21(26-22)16-10-12-23-13-11-16;3-2(4,5)1(6)7/h1-14H,(H2,24,25,26,27,28);(H,6,7). The number of pyridine rings is 1. The van der Waals surface area contributed by atoms with E-state index in [1.807, 2.05) is 72.8 Å². The van der Waals surface area contributed by atoms with Crippen molar-refractivity contribution in [3.63, 3.8) is 0 Å². The van der Waals surface area contributed by atoms with Crippen LogP contribution in [0.2, 0.25) is 0 Å². The maximum atomic E-state index is 10.6. The zero-order valence-electron chi connectivity index (χ0n) is 17.9. The molecule has 3 N–H and O–H groups in total. The number of aromatic nitrogens is 5. The number of halogens is 3. The zero-order valence-corrected chi connectivity index (χ0v) is 17.9. The van der Waals surface area contributed by atoms with Crippen LogP contribution in [0, 0.1) is 0 Å². The van der Waals surface area contributed by atoms with Crippen molar-refractivity contribution in [3.8, 4) is 22.6 Å². The van der Waals surface area contributed by atoms with Gasteiger partial charge in [0, 0.05) is 29.4 Å². The Hall–Kier alpha value is -4.80. The largest absolute Gasteiger partial charge is 0.490 e. The number of benzene rings is 2. The summed E-state index contributed by atoms with van der Waals surface area (Å²) in [5.41, 5.74) is 3.80. The van der Waals surface area contributed by atoms with Crippen LogP contribution in [0.25, 0.3) is 33.5 Å². The Morgan fingerprint density at radius 1 is 0.886 bits per heavy atom. The molecule has 5 rings (SSSR count). The number of fused-ring (bicyclic) bond motifs is 1. The van der Waals surface area contributed by atoms with Crippen LogP contribution < -0.4 is 5.32 Å². The van der Waals surface area contributed by atoms with Crippen molar-refractivity contribution < 1.29 is 23.1 Å². The van der Waals surface area contributed by atoms with Gasteiger partial charge in [-0.15, -0.1) is 0 Å². The lowest BCUT2D eigenvalue weighted by Gasteiger charge is -2.09. The molecule has 0 aliphatic rings. The monoisotopic (exact) mass is 478 g/mol. The third-order valence-corrected chi connectivity index (χ3v) is 4.69. The molecule has 0 unspecified atom stereocenters. The smallest absolute Gasteiger partial charge is 0.475 e. The fourth-order valence-corrected chi connectivity index (χ4v) is 3.07. The minimum Gasteiger partial charge on any atom is -0.475 e. The van der Waals surface area contributed by atoms with E-state index < -0.39 is 12.1 Å². The predicted molar refractivity (Wildman–Crippen MR) is 124 cm³/mol. The van der Waals surface area contributed by atoms with Gasteiger partial charge < -0.3 is 10.4 Å². The van der Waals surface area contributed by atoms with Crippen molar-refractivity contribution in [1.29, 1.82) is 0 Å². The molecule has 0 spiro atoms. The van der Waals surface area contributed by atoms with Crippen molar-refractivity contribution in [2.45, 2.75) is 6.18 Å². The van der Waals surface area contributed by atoms with Gasteiger partial charge in [0.25, 0.3) is 0 Å². The van der Waals surface area contributed by atoms with Gasteiger partial charge in [-0.05, 0) is 29.8 Å². The summed E-state index contributed by atoms with van der Waals surface area (Å²) in [4.78, 5) is 22.4. The molecule has 3 heterocycles. The Bertz CT molecular complexity index is 1440. The van der Waals surface area contributed by atoms with Gasteiger partial charge in [0.2, 0.25) is 0 Å². The van der Waals surface area contributed by atoms with Crippen LogP contribution in [0.4, 0.5) is 24.8 Å². The molecule has 176 valence electrons. The summed E-state index contributed by atoms with van der Waals surface area (Å²) in [6.07, 6.45) is -1.61. The number of aliphatic carboxylic acids is 1. The van der Waals surface area contributed by atoms with Crippen LogP contribution in [0.1, 0.15) is 0 Å². The first-order valence-corrected chi connectivity index (χ1v) is 10.2. The Morgan fingerprint density at radius 3 is 2.23 bits per heavy atom. The molecule has 0 atom stereocenters. The summed E-state index contributed by atoms with van der Waals surface area (Å²) in [6.45, 7) is 0. The Morgan fingerprint density at radius 2 is 1.54 bits per heavy atom. The quantitative estimate of drug-likeness (QED) is 0.314. The number of H-pyrrole nitrogens is 1. The van der Waals surface area contributed by atoms with Crippen molar-refractivity contribution in [2.75, 3.05) is 5.32 Å². The number of nitrogens with zero attached hydrogens (tertiary/aromatic N) is 4. The van der Waals surface area contributed by atoms with Crippen LogP contribution in [0.5, 0.6) is 0 Å². The molecule has 3 aromatic heterocycles. The second kappa shape index (κ2) is 10.00. The molecule has 35 heavy (non-hydrogen) atoms. The van der Waals surface area contributed by atoms with E-state index in [-0.39, 0.29) is 0 Å². The molecule has 0 aliphatic carbocycles. The van der Waals surface area contributed by atoms with E-state index in [0.29, 0.717) is 17.5 Å². The molecule has 5 aromatic rings. The van der Waals surface area contributed by atoms with Crippen LogP contribution in [0.15, 0.2) is 85.2 Å². The molecule has 0 radical (unpaired) electrons. The van der Waals surface area contributed by atoms with Crippen LogP contribution in [-0.4, -0.2) is 42.4 Å². The third-order valence-electron chi connectivity index (χ3n) is 4.69. The summed E-state index contributed by atoms with van der Waals surface area (Å²) < 4.78 is 31.7. The number of nitrogens with one attached hydrogen (secondary N) is 2. The molecule has 0 fully saturated rings. The van der Waals surface area contributed by atoms with Gasteiger partial charge in [-0.2, -0.15) is 18.3 Å². The first-order chi connectivity index (χ1) is 16.8. The summed E-state index contributed by atoms with van der Waals surface area (Å²) in [7, 11) is 0. The highest BCUT2D eigenvalue weighted by Crippen LogP contribution is 2.28. The molecular formula is C24H17F3N6O2. The number of anilines is 2. The fourth-order valence-electron chi connectivity index (χ4n) is 3.07. The summed E-state index contributed by atoms with van der Waals surface area (Å²) >= 11 is 0. The molecule has 0 saturated carbocycles. The number of alkyl halides is 3. The summed E-state index contributed by atoms with van der Waals surface area (Å²) in [6, 6.07) is 23.8. The zero-order chi connectivity index (χ0) is 24.8.